The fourth-order valence-corrected chi connectivity index (χ4v) is 1.50. The van der Waals surface area contributed by atoms with Crippen molar-refractivity contribution in [2.24, 2.45) is 0 Å². The van der Waals surface area contributed by atoms with Crippen LogP contribution in [0.5, 0.6) is 5.88 Å². The van der Waals surface area contributed by atoms with Crippen molar-refractivity contribution < 1.29 is 4.74 Å². The van der Waals surface area contributed by atoms with E-state index in [2.05, 4.69) is 22.1 Å². The molecule has 17 heavy (non-hydrogen) atoms. The van der Waals surface area contributed by atoms with E-state index in [1.54, 1.807) is 6.20 Å². The third-order valence-electron chi connectivity index (χ3n) is 2.42. The molecule has 2 aromatic rings. The largest absolute Gasteiger partial charge is 0.477 e. The zero-order chi connectivity index (χ0) is 12.1. The van der Waals surface area contributed by atoms with E-state index in [1.165, 1.54) is 5.56 Å². The summed E-state index contributed by atoms with van der Waals surface area (Å²) in [6.07, 6.45) is 2.52. The SMILES string of the molecule is Cc1cnc(N)nc1OCCc1ccccc1. The summed E-state index contributed by atoms with van der Waals surface area (Å²) < 4.78 is 5.59. The number of benzene rings is 1. The first-order chi connectivity index (χ1) is 8.25. The molecule has 0 amide bonds. The molecule has 2 N–H and O–H groups in total. The summed E-state index contributed by atoms with van der Waals surface area (Å²) in [7, 11) is 0. The molecule has 0 radical (unpaired) electrons. The zero-order valence-corrected chi connectivity index (χ0v) is 9.76. The fraction of sp³-hybridized carbons (Fsp3) is 0.231. The second kappa shape index (κ2) is 5.30. The summed E-state index contributed by atoms with van der Waals surface area (Å²) in [6, 6.07) is 10.2. The molecular weight excluding hydrogens is 214 g/mol. The number of ether oxygens (including phenoxy) is 1. The van der Waals surface area contributed by atoms with Crippen molar-refractivity contribution in [1.82, 2.24) is 9.97 Å². The molecule has 0 aliphatic heterocycles. The number of nitrogens with zero attached hydrogens (tertiary/aromatic N) is 2. The third-order valence-corrected chi connectivity index (χ3v) is 2.42. The highest BCUT2D eigenvalue weighted by Crippen LogP contribution is 2.14. The standard InChI is InChI=1S/C13H15N3O/c1-10-9-15-13(14)16-12(10)17-8-7-11-5-3-2-4-6-11/h2-6,9H,7-8H2,1H3,(H2,14,15,16). The molecule has 4 nitrogen and oxygen atoms in total. The predicted octanol–water partition coefficient (Wildman–Crippen LogP) is 1.99. The van der Waals surface area contributed by atoms with Gasteiger partial charge in [0, 0.05) is 18.2 Å². The maximum Gasteiger partial charge on any atom is 0.223 e. The van der Waals surface area contributed by atoms with Crippen LogP contribution in [0.15, 0.2) is 36.5 Å². The Kier molecular flexibility index (Phi) is 3.55. The Morgan fingerprint density at radius 3 is 2.76 bits per heavy atom. The molecule has 0 unspecified atom stereocenters. The van der Waals surface area contributed by atoms with Crippen LogP contribution in [0, 0.1) is 6.92 Å². The van der Waals surface area contributed by atoms with Crippen molar-refractivity contribution in [1.29, 1.82) is 0 Å². The van der Waals surface area contributed by atoms with Crippen molar-refractivity contribution in [3.8, 4) is 5.88 Å². The van der Waals surface area contributed by atoms with Gasteiger partial charge in [-0.25, -0.2) is 4.98 Å². The van der Waals surface area contributed by atoms with E-state index in [4.69, 9.17) is 10.5 Å². The minimum atomic E-state index is 0.241. The van der Waals surface area contributed by atoms with Crippen molar-refractivity contribution in [3.05, 3.63) is 47.7 Å². The minimum absolute atomic E-state index is 0.241. The average Bonchev–Trinajstić information content (AvgIpc) is 2.35. The number of nitrogens with two attached hydrogens (primary N) is 1. The number of aryl methyl sites for hydroxylation is 1. The summed E-state index contributed by atoms with van der Waals surface area (Å²) in [5, 5.41) is 0. The quantitative estimate of drug-likeness (QED) is 0.871. The monoisotopic (exact) mass is 229 g/mol. The lowest BCUT2D eigenvalue weighted by Gasteiger charge is -2.07. The Morgan fingerprint density at radius 1 is 1.24 bits per heavy atom. The Labute approximate surface area is 100 Å². The number of anilines is 1. The van der Waals surface area contributed by atoms with E-state index < -0.39 is 0 Å². The van der Waals surface area contributed by atoms with Crippen LogP contribution in [0.1, 0.15) is 11.1 Å². The molecule has 0 atom stereocenters. The van der Waals surface area contributed by atoms with Crippen LogP contribution >= 0.6 is 0 Å². The lowest BCUT2D eigenvalue weighted by atomic mass is 10.2. The Morgan fingerprint density at radius 2 is 2.00 bits per heavy atom. The van der Waals surface area contributed by atoms with Gasteiger partial charge < -0.3 is 10.5 Å². The van der Waals surface area contributed by atoms with E-state index >= 15 is 0 Å². The van der Waals surface area contributed by atoms with Crippen LogP contribution in [0.4, 0.5) is 5.95 Å². The van der Waals surface area contributed by atoms with Gasteiger partial charge in [0.25, 0.3) is 0 Å². The van der Waals surface area contributed by atoms with E-state index in [0.29, 0.717) is 12.5 Å². The first kappa shape index (κ1) is 11.4. The fourth-order valence-electron chi connectivity index (χ4n) is 1.50. The number of nitrogen functional groups attached to an aromatic ring is 1. The molecule has 1 heterocycles. The summed E-state index contributed by atoms with van der Waals surface area (Å²) in [4.78, 5) is 7.94. The molecule has 1 aromatic carbocycles. The predicted molar refractivity (Wildman–Crippen MR) is 66.8 cm³/mol. The zero-order valence-electron chi connectivity index (χ0n) is 9.76. The Balaban J connectivity index is 1.92. The summed E-state index contributed by atoms with van der Waals surface area (Å²) in [6.45, 7) is 2.48. The summed E-state index contributed by atoms with van der Waals surface area (Å²) in [5.41, 5.74) is 7.65. The second-order valence-electron chi connectivity index (χ2n) is 3.80. The molecule has 0 bridgehead atoms. The van der Waals surface area contributed by atoms with Gasteiger partial charge in [0.2, 0.25) is 11.8 Å². The molecule has 0 aliphatic rings. The summed E-state index contributed by atoms with van der Waals surface area (Å²) >= 11 is 0. The van der Waals surface area contributed by atoms with Gasteiger partial charge in [-0.3, -0.25) is 0 Å². The molecule has 4 heteroatoms. The molecule has 1 aromatic heterocycles. The van der Waals surface area contributed by atoms with E-state index in [0.717, 1.165) is 12.0 Å². The van der Waals surface area contributed by atoms with Crippen LogP contribution in [0.3, 0.4) is 0 Å². The highest BCUT2D eigenvalue weighted by molar-refractivity contribution is 5.28. The van der Waals surface area contributed by atoms with Crippen molar-refractivity contribution >= 4 is 5.95 Å². The van der Waals surface area contributed by atoms with Crippen LogP contribution < -0.4 is 10.5 Å². The number of hydrogen-bond acceptors (Lipinski definition) is 4. The van der Waals surface area contributed by atoms with Gasteiger partial charge in [0.1, 0.15) is 0 Å². The van der Waals surface area contributed by atoms with Gasteiger partial charge in [-0.2, -0.15) is 4.98 Å². The van der Waals surface area contributed by atoms with Crippen molar-refractivity contribution in [3.63, 3.8) is 0 Å². The van der Waals surface area contributed by atoms with Gasteiger partial charge in [-0.1, -0.05) is 30.3 Å². The molecule has 0 spiro atoms. The molecule has 0 fully saturated rings. The molecular formula is C13H15N3O. The van der Waals surface area contributed by atoms with Gasteiger partial charge in [0.05, 0.1) is 6.61 Å². The first-order valence-corrected chi connectivity index (χ1v) is 5.51. The van der Waals surface area contributed by atoms with Crippen LogP contribution in [-0.4, -0.2) is 16.6 Å². The average molecular weight is 229 g/mol. The Bertz CT molecular complexity index is 485. The highest BCUT2D eigenvalue weighted by Gasteiger charge is 2.02. The van der Waals surface area contributed by atoms with Crippen LogP contribution in [-0.2, 0) is 6.42 Å². The topological polar surface area (TPSA) is 61.0 Å². The maximum absolute atomic E-state index is 5.59. The number of aromatic nitrogens is 2. The molecule has 0 saturated carbocycles. The van der Waals surface area contributed by atoms with Crippen LogP contribution in [0.2, 0.25) is 0 Å². The normalized spacial score (nSPS) is 10.2. The second-order valence-corrected chi connectivity index (χ2v) is 3.80. The van der Waals surface area contributed by atoms with Gasteiger partial charge >= 0.3 is 0 Å². The molecule has 88 valence electrons. The summed E-state index contributed by atoms with van der Waals surface area (Å²) in [5.74, 6) is 0.804. The lowest BCUT2D eigenvalue weighted by molar-refractivity contribution is 0.307. The minimum Gasteiger partial charge on any atom is -0.477 e. The van der Waals surface area contributed by atoms with E-state index in [1.807, 2.05) is 25.1 Å². The molecule has 0 saturated heterocycles. The van der Waals surface area contributed by atoms with Gasteiger partial charge in [-0.15, -0.1) is 0 Å². The number of hydrogen-bond donors (Lipinski definition) is 1. The first-order valence-electron chi connectivity index (χ1n) is 5.51. The number of rotatable bonds is 4. The van der Waals surface area contributed by atoms with Gasteiger partial charge in [0.15, 0.2) is 0 Å². The Hall–Kier alpha value is -2.10. The smallest absolute Gasteiger partial charge is 0.223 e. The third kappa shape index (κ3) is 3.17. The maximum atomic E-state index is 5.59. The lowest BCUT2D eigenvalue weighted by Crippen LogP contribution is -2.06. The van der Waals surface area contributed by atoms with E-state index in [-0.39, 0.29) is 5.95 Å². The van der Waals surface area contributed by atoms with Crippen molar-refractivity contribution in [2.75, 3.05) is 12.3 Å². The van der Waals surface area contributed by atoms with Crippen LogP contribution in [0.25, 0.3) is 0 Å². The van der Waals surface area contributed by atoms with Gasteiger partial charge in [-0.05, 0) is 12.5 Å². The highest BCUT2D eigenvalue weighted by atomic mass is 16.5. The molecule has 0 aliphatic carbocycles. The van der Waals surface area contributed by atoms with Crippen molar-refractivity contribution in [2.45, 2.75) is 13.3 Å². The molecule has 2 rings (SSSR count). The van der Waals surface area contributed by atoms with E-state index in [9.17, 15) is 0 Å².